The summed E-state index contributed by atoms with van der Waals surface area (Å²) < 4.78 is 25.4. The number of ether oxygens (including phenoxy) is 2. The molecule has 2 aliphatic heterocycles. The van der Waals surface area contributed by atoms with Crippen LogP contribution in [0.15, 0.2) is 30.5 Å². The van der Waals surface area contributed by atoms with Crippen LogP contribution in [0.5, 0.6) is 0 Å². The first-order valence-electron chi connectivity index (χ1n) is 15.2. The summed E-state index contributed by atoms with van der Waals surface area (Å²) in [6.07, 6.45) is 1.65. The third kappa shape index (κ3) is 7.54. The summed E-state index contributed by atoms with van der Waals surface area (Å²) >= 11 is 6.66. The van der Waals surface area contributed by atoms with Crippen LogP contribution in [0, 0.1) is 0 Å². The number of carbonyl (C=O) groups is 2. The number of piperidine rings is 1. The number of aromatic nitrogens is 3. The van der Waals surface area contributed by atoms with E-state index >= 15 is 0 Å². The molecule has 0 unspecified atom stereocenters. The van der Waals surface area contributed by atoms with Gasteiger partial charge in [0.05, 0.1) is 23.3 Å². The number of H-pyrrole nitrogens is 1. The van der Waals surface area contributed by atoms with Gasteiger partial charge in [-0.1, -0.05) is 11.6 Å². The zero-order chi connectivity index (χ0) is 31.8. The van der Waals surface area contributed by atoms with E-state index in [1.54, 1.807) is 44.0 Å². The van der Waals surface area contributed by atoms with Gasteiger partial charge in [0.2, 0.25) is 0 Å². The Morgan fingerprint density at radius 2 is 1.75 bits per heavy atom. The first-order chi connectivity index (χ1) is 20.7. The summed E-state index contributed by atoms with van der Waals surface area (Å²) in [6, 6.07) is 7.16. The maximum atomic E-state index is 14.3. The van der Waals surface area contributed by atoms with Crippen LogP contribution in [-0.2, 0) is 9.47 Å². The van der Waals surface area contributed by atoms with E-state index in [2.05, 4.69) is 21.4 Å². The molecular formula is C32H42ClFN6O4. The van der Waals surface area contributed by atoms with Gasteiger partial charge in [0, 0.05) is 54.8 Å². The van der Waals surface area contributed by atoms with Crippen molar-refractivity contribution >= 4 is 40.6 Å². The maximum absolute atomic E-state index is 14.3. The highest BCUT2D eigenvalue weighted by atomic mass is 35.5. The zero-order valence-electron chi connectivity index (χ0n) is 26.2. The van der Waals surface area contributed by atoms with Crippen LogP contribution in [0.1, 0.15) is 72.4 Å². The van der Waals surface area contributed by atoms with Crippen molar-refractivity contribution in [1.82, 2.24) is 24.8 Å². The minimum Gasteiger partial charge on any atom is -0.444 e. The van der Waals surface area contributed by atoms with Gasteiger partial charge >= 0.3 is 12.2 Å². The molecule has 0 aromatic carbocycles. The van der Waals surface area contributed by atoms with Crippen molar-refractivity contribution in [2.75, 3.05) is 31.5 Å². The molecule has 2 fully saturated rings. The first-order valence-corrected chi connectivity index (χ1v) is 15.5. The molecule has 5 rings (SSSR count). The Kier molecular flexibility index (Phi) is 8.98. The molecule has 3 aromatic rings. The number of anilines is 1. The number of hydrogen-bond donors (Lipinski definition) is 2. The Hall–Kier alpha value is -3.60. The van der Waals surface area contributed by atoms with Gasteiger partial charge < -0.3 is 29.6 Å². The minimum absolute atomic E-state index is 0.00536. The lowest BCUT2D eigenvalue weighted by molar-refractivity contribution is 0.0200. The molecule has 0 aliphatic carbocycles. The molecule has 5 heterocycles. The predicted molar refractivity (Wildman–Crippen MR) is 169 cm³/mol. The predicted octanol–water partition coefficient (Wildman–Crippen LogP) is 7.15. The lowest BCUT2D eigenvalue weighted by Gasteiger charge is -2.33. The topological polar surface area (TPSA) is 113 Å². The van der Waals surface area contributed by atoms with Crippen LogP contribution in [0.25, 0.3) is 22.3 Å². The number of nitrogens with one attached hydrogen (secondary N) is 2. The van der Waals surface area contributed by atoms with Gasteiger partial charge in [-0.2, -0.15) is 0 Å². The van der Waals surface area contributed by atoms with Gasteiger partial charge in [0.25, 0.3) is 0 Å². The molecule has 12 heteroatoms. The molecule has 2 N–H and O–H groups in total. The molecule has 0 spiro atoms. The van der Waals surface area contributed by atoms with E-state index in [0.717, 1.165) is 35.1 Å². The van der Waals surface area contributed by atoms with E-state index in [-0.39, 0.29) is 31.0 Å². The quantitative estimate of drug-likeness (QED) is 0.308. The fourth-order valence-corrected chi connectivity index (χ4v) is 5.93. The van der Waals surface area contributed by atoms with Crippen LogP contribution < -0.4 is 5.32 Å². The van der Waals surface area contributed by atoms with Crippen LogP contribution >= 0.6 is 11.6 Å². The lowest BCUT2D eigenvalue weighted by Crippen LogP contribution is -2.42. The van der Waals surface area contributed by atoms with Crippen molar-refractivity contribution in [1.29, 1.82) is 0 Å². The van der Waals surface area contributed by atoms with Crippen LogP contribution in [-0.4, -0.2) is 86.5 Å². The zero-order valence-corrected chi connectivity index (χ0v) is 27.0. The number of amides is 2. The van der Waals surface area contributed by atoms with Crippen molar-refractivity contribution in [3.8, 4) is 11.3 Å². The van der Waals surface area contributed by atoms with Gasteiger partial charge in [-0.25, -0.2) is 23.9 Å². The van der Waals surface area contributed by atoms with E-state index in [1.165, 1.54) is 4.90 Å². The largest absolute Gasteiger partial charge is 0.444 e. The third-order valence-corrected chi connectivity index (χ3v) is 8.06. The number of pyridine rings is 2. The van der Waals surface area contributed by atoms with Gasteiger partial charge in [-0.05, 0) is 78.6 Å². The minimum atomic E-state index is -1.11. The lowest BCUT2D eigenvalue weighted by atomic mass is 9.93. The first kappa shape index (κ1) is 31.8. The average molecular weight is 629 g/mol. The van der Waals surface area contributed by atoms with Crippen molar-refractivity contribution in [3.63, 3.8) is 0 Å². The number of carbonyl (C=O) groups excluding carboxylic acids is 2. The molecule has 2 atom stereocenters. The summed E-state index contributed by atoms with van der Waals surface area (Å²) in [5.74, 6) is 0.803. The second-order valence-electron chi connectivity index (χ2n) is 13.6. The molecule has 238 valence electrons. The van der Waals surface area contributed by atoms with E-state index in [9.17, 15) is 14.0 Å². The molecule has 2 aliphatic rings. The molecule has 0 bridgehead atoms. The van der Waals surface area contributed by atoms with Crippen molar-refractivity contribution in [2.24, 2.45) is 0 Å². The van der Waals surface area contributed by atoms with Crippen LogP contribution in [0.2, 0.25) is 5.02 Å². The third-order valence-electron chi connectivity index (χ3n) is 7.75. The molecule has 3 aromatic heterocycles. The molecule has 2 saturated heterocycles. The number of aromatic amines is 1. The Bertz CT molecular complexity index is 1510. The fraction of sp³-hybridized carbons (Fsp3) is 0.562. The Morgan fingerprint density at radius 1 is 1.07 bits per heavy atom. The molecule has 2 amide bonds. The highest BCUT2D eigenvalue weighted by Gasteiger charge is 2.37. The summed E-state index contributed by atoms with van der Waals surface area (Å²) in [7, 11) is 0. The van der Waals surface area contributed by atoms with Crippen molar-refractivity contribution < 1.29 is 23.5 Å². The summed E-state index contributed by atoms with van der Waals surface area (Å²) in [4.78, 5) is 41.3. The fourth-order valence-electron chi connectivity index (χ4n) is 5.72. The summed E-state index contributed by atoms with van der Waals surface area (Å²) in [6.45, 7) is 12.5. The average Bonchev–Trinajstić information content (AvgIpc) is 3.54. The Labute approximate surface area is 262 Å². The maximum Gasteiger partial charge on any atom is 0.410 e. The van der Waals surface area contributed by atoms with Gasteiger partial charge in [0.1, 0.15) is 28.8 Å². The molecule has 10 nitrogen and oxygen atoms in total. The van der Waals surface area contributed by atoms with E-state index < -0.39 is 23.5 Å². The number of alkyl halides is 1. The summed E-state index contributed by atoms with van der Waals surface area (Å²) in [5, 5.41) is 4.65. The SMILES string of the molecule is CC(C)(C)OC(=O)N1CCC(c2cc3c(-c4nc(NC[C@H]5C[C@@H](F)CN5C(=O)OC(C)(C)C)ccc4Cl)ccnc3[nH]2)CC1. The number of likely N-dealkylation sites (tertiary alicyclic amines) is 2. The van der Waals surface area contributed by atoms with Crippen LogP contribution in [0.3, 0.4) is 0 Å². The van der Waals surface area contributed by atoms with Crippen LogP contribution in [0.4, 0.5) is 19.8 Å². The van der Waals surface area contributed by atoms with Crippen molar-refractivity contribution in [3.05, 3.63) is 41.2 Å². The molecule has 0 radical (unpaired) electrons. The smallest absolute Gasteiger partial charge is 0.410 e. The van der Waals surface area contributed by atoms with Gasteiger partial charge in [-0.3, -0.25) is 0 Å². The highest BCUT2D eigenvalue weighted by Crippen LogP contribution is 2.36. The second kappa shape index (κ2) is 12.4. The second-order valence-corrected chi connectivity index (χ2v) is 14.0. The van der Waals surface area contributed by atoms with Crippen molar-refractivity contribution in [2.45, 2.75) is 90.1 Å². The normalized spacial score (nSPS) is 19.8. The number of fused-ring (bicyclic) bond motifs is 1. The molecule has 44 heavy (non-hydrogen) atoms. The summed E-state index contributed by atoms with van der Waals surface area (Å²) in [5.41, 5.74) is 2.02. The highest BCUT2D eigenvalue weighted by molar-refractivity contribution is 6.33. The number of hydrogen-bond acceptors (Lipinski definition) is 7. The van der Waals surface area contributed by atoms with Gasteiger partial charge in [-0.15, -0.1) is 0 Å². The monoisotopic (exact) mass is 628 g/mol. The van der Waals surface area contributed by atoms with E-state index in [1.807, 2.05) is 26.8 Å². The van der Waals surface area contributed by atoms with Gasteiger partial charge in [0.15, 0.2) is 0 Å². The standard InChI is InChI=1S/C32H42ClFN6O4/c1-31(2,3)43-29(41)39-13-10-19(11-14-39)25-16-23-22(9-12-35-28(23)37-25)27-24(33)7-8-26(38-27)36-17-21-15-20(34)18-40(21)30(42)44-32(4,5)6/h7-9,12,16,19-21H,10-11,13-15,17-18H2,1-6H3,(H,35,37)(H,36,38)/t20-,21-/m1/s1. The number of halogens is 2. The number of rotatable bonds is 5. The molecule has 0 saturated carbocycles. The Morgan fingerprint density at radius 3 is 2.43 bits per heavy atom. The number of nitrogens with zero attached hydrogens (tertiary/aromatic N) is 4. The van der Waals surface area contributed by atoms with E-state index in [0.29, 0.717) is 36.2 Å². The van der Waals surface area contributed by atoms with E-state index in [4.69, 9.17) is 26.1 Å². The molecular weight excluding hydrogens is 587 g/mol. The Balaban J connectivity index is 1.30.